The molecule has 0 aliphatic rings. The lowest BCUT2D eigenvalue weighted by Crippen LogP contribution is -2.45. The van der Waals surface area contributed by atoms with Crippen LogP contribution >= 0.6 is 0 Å². The molecule has 0 bridgehead atoms. The second-order valence-corrected chi connectivity index (χ2v) is 18.8. The Kier molecular flexibility index (Phi) is 49.5. The van der Waals surface area contributed by atoms with Crippen molar-refractivity contribution in [3.8, 4) is 0 Å². The van der Waals surface area contributed by atoms with Gasteiger partial charge in [0.2, 0.25) is 5.91 Å². The summed E-state index contributed by atoms with van der Waals surface area (Å²) in [4.78, 5) is 12.5. The van der Waals surface area contributed by atoms with Gasteiger partial charge in [-0.3, -0.25) is 4.79 Å². The van der Waals surface area contributed by atoms with Crippen molar-refractivity contribution in [1.29, 1.82) is 0 Å². The molecule has 0 saturated carbocycles. The van der Waals surface area contributed by atoms with Crippen LogP contribution in [0, 0.1) is 0 Å². The molecule has 0 saturated heterocycles. The normalized spacial score (nSPS) is 13.5. The number of aliphatic hydroxyl groups excluding tert-OH is 3. The number of nitrogens with one attached hydrogen (secondary N) is 1. The Bertz CT molecular complexity index is 890. The third-order valence-electron chi connectivity index (χ3n) is 12.7. The number of allylic oxidation sites excluding steroid dienone is 3. The molecule has 0 spiro atoms. The van der Waals surface area contributed by atoms with Gasteiger partial charge in [-0.1, -0.05) is 282 Å². The lowest BCUT2D eigenvalue weighted by Gasteiger charge is -2.21. The van der Waals surface area contributed by atoms with Gasteiger partial charge in [-0.2, -0.15) is 0 Å². The van der Waals surface area contributed by atoms with E-state index in [1.165, 1.54) is 238 Å². The summed E-state index contributed by atoms with van der Waals surface area (Å²) in [7, 11) is 0. The number of aliphatic hydroxyl groups is 3. The quantitative estimate of drug-likeness (QED) is 0.0363. The highest BCUT2D eigenvalue weighted by atomic mass is 16.3. The van der Waals surface area contributed by atoms with E-state index >= 15 is 0 Å². The molecule has 0 fully saturated rings. The minimum Gasteiger partial charge on any atom is -0.394 e. The molecule has 0 aliphatic carbocycles. The number of hydrogen-bond acceptors (Lipinski definition) is 4. The Morgan fingerprint density at radius 2 is 0.717 bits per heavy atom. The Labute approximate surface area is 375 Å². The largest absolute Gasteiger partial charge is 0.394 e. The van der Waals surface area contributed by atoms with Crippen molar-refractivity contribution in [3.05, 3.63) is 24.3 Å². The Morgan fingerprint density at radius 3 is 1.07 bits per heavy atom. The first kappa shape index (κ1) is 58.8. The van der Waals surface area contributed by atoms with Crippen LogP contribution in [0.3, 0.4) is 0 Å². The molecule has 5 nitrogen and oxygen atoms in total. The van der Waals surface area contributed by atoms with Crippen molar-refractivity contribution >= 4 is 5.91 Å². The zero-order valence-corrected chi connectivity index (χ0v) is 40.6. The summed E-state index contributed by atoms with van der Waals surface area (Å²) < 4.78 is 0. The van der Waals surface area contributed by atoms with Gasteiger partial charge >= 0.3 is 0 Å². The zero-order chi connectivity index (χ0) is 43.7. The summed E-state index contributed by atoms with van der Waals surface area (Å²) in [6.45, 7) is 4.23. The van der Waals surface area contributed by atoms with Gasteiger partial charge in [0.15, 0.2) is 0 Å². The summed E-state index contributed by atoms with van der Waals surface area (Å²) in [6.07, 6.45) is 63.7. The average molecular weight is 846 g/mol. The maximum absolute atomic E-state index is 12.5. The lowest BCUT2D eigenvalue weighted by molar-refractivity contribution is -0.124. The number of amides is 1. The molecular weight excluding hydrogens is 739 g/mol. The minimum atomic E-state index is -0.949. The molecule has 3 unspecified atom stereocenters. The fourth-order valence-electron chi connectivity index (χ4n) is 8.59. The highest BCUT2D eigenvalue weighted by molar-refractivity contribution is 5.76. The predicted octanol–water partition coefficient (Wildman–Crippen LogP) is 16.5. The van der Waals surface area contributed by atoms with Gasteiger partial charge < -0.3 is 20.6 Å². The molecule has 60 heavy (non-hydrogen) atoms. The summed E-state index contributed by atoms with van der Waals surface area (Å²) in [5, 5.41) is 33.4. The van der Waals surface area contributed by atoms with Gasteiger partial charge in [0, 0.05) is 0 Å². The summed E-state index contributed by atoms with van der Waals surface area (Å²) in [5.74, 6) is -0.320. The van der Waals surface area contributed by atoms with Gasteiger partial charge in [0.1, 0.15) is 0 Å². The monoisotopic (exact) mass is 846 g/mol. The van der Waals surface area contributed by atoms with Crippen molar-refractivity contribution in [1.82, 2.24) is 5.32 Å². The Morgan fingerprint density at radius 1 is 0.417 bits per heavy atom. The van der Waals surface area contributed by atoms with E-state index < -0.39 is 18.2 Å². The fourth-order valence-corrected chi connectivity index (χ4v) is 8.59. The molecule has 0 aromatic carbocycles. The molecule has 3 atom stereocenters. The average Bonchev–Trinajstić information content (AvgIpc) is 3.24. The lowest BCUT2D eigenvalue weighted by atomic mass is 10.0. The second kappa shape index (κ2) is 50.5. The van der Waals surface area contributed by atoms with Gasteiger partial charge in [-0.25, -0.2) is 0 Å². The van der Waals surface area contributed by atoms with Crippen molar-refractivity contribution in [3.63, 3.8) is 0 Å². The van der Waals surface area contributed by atoms with Crippen LogP contribution in [0.25, 0.3) is 0 Å². The topological polar surface area (TPSA) is 89.8 Å². The molecule has 0 aromatic heterocycles. The number of carbonyl (C=O) groups excluding carboxylic acids is 1. The van der Waals surface area contributed by atoms with E-state index in [4.69, 9.17) is 0 Å². The number of unbranched alkanes of at least 4 members (excludes halogenated alkanes) is 39. The number of carbonyl (C=O) groups is 1. The van der Waals surface area contributed by atoms with Gasteiger partial charge in [-0.05, 0) is 32.1 Å². The van der Waals surface area contributed by atoms with E-state index in [1.807, 2.05) is 6.08 Å². The number of hydrogen-bond donors (Lipinski definition) is 4. The molecule has 5 heteroatoms. The summed E-state index contributed by atoms with van der Waals surface area (Å²) >= 11 is 0. The van der Waals surface area contributed by atoms with Gasteiger partial charge in [0.25, 0.3) is 0 Å². The first-order valence-corrected chi connectivity index (χ1v) is 27.1. The maximum atomic E-state index is 12.5. The molecule has 0 aromatic rings. The molecule has 0 aliphatic heterocycles. The van der Waals surface area contributed by atoms with Crippen LogP contribution in [-0.4, -0.2) is 46.1 Å². The molecule has 0 heterocycles. The first-order valence-electron chi connectivity index (χ1n) is 27.1. The van der Waals surface area contributed by atoms with E-state index in [0.29, 0.717) is 6.42 Å². The van der Waals surface area contributed by atoms with Crippen LogP contribution in [-0.2, 0) is 4.79 Å². The van der Waals surface area contributed by atoms with Crippen LogP contribution in [0.1, 0.15) is 296 Å². The van der Waals surface area contributed by atoms with Crippen molar-refractivity contribution in [2.45, 2.75) is 315 Å². The smallest absolute Gasteiger partial charge is 0.222 e. The molecular formula is C55H107NO4. The Balaban J connectivity index is 3.54. The SMILES string of the molecule is CCCCCCCCCCCCC/C=C/CC/C=C/C(O)C(CO)NC(=O)CC(O)CCCCCCCCCCCCCCCCCCCCCCCCCCCCCC. The Hall–Kier alpha value is -1.17. The molecule has 1 amide bonds. The predicted molar refractivity (Wildman–Crippen MR) is 264 cm³/mol. The van der Waals surface area contributed by atoms with E-state index in [1.54, 1.807) is 6.08 Å². The highest BCUT2D eigenvalue weighted by Gasteiger charge is 2.20. The van der Waals surface area contributed by atoms with Gasteiger partial charge in [0.05, 0.1) is 31.3 Å². The molecule has 0 rings (SSSR count). The molecule has 4 N–H and O–H groups in total. The third kappa shape index (κ3) is 46.3. The van der Waals surface area contributed by atoms with Crippen molar-refractivity contribution < 1.29 is 20.1 Å². The van der Waals surface area contributed by atoms with E-state index in [9.17, 15) is 20.1 Å². The summed E-state index contributed by atoms with van der Waals surface area (Å²) in [6, 6.07) is -0.758. The van der Waals surface area contributed by atoms with E-state index in [-0.39, 0.29) is 18.9 Å². The van der Waals surface area contributed by atoms with Crippen LogP contribution in [0.2, 0.25) is 0 Å². The summed E-state index contributed by atoms with van der Waals surface area (Å²) in [5.41, 5.74) is 0. The minimum absolute atomic E-state index is 0.0103. The van der Waals surface area contributed by atoms with Crippen LogP contribution in [0.15, 0.2) is 24.3 Å². The fraction of sp³-hybridized carbons (Fsp3) is 0.909. The zero-order valence-electron chi connectivity index (χ0n) is 40.6. The van der Waals surface area contributed by atoms with Crippen molar-refractivity contribution in [2.75, 3.05) is 6.61 Å². The van der Waals surface area contributed by atoms with E-state index in [2.05, 4.69) is 31.3 Å². The first-order chi connectivity index (χ1) is 29.5. The van der Waals surface area contributed by atoms with Crippen LogP contribution < -0.4 is 5.32 Å². The van der Waals surface area contributed by atoms with Crippen molar-refractivity contribution in [2.24, 2.45) is 0 Å². The standard InChI is InChI=1S/C55H107NO4/c1-3-5-7-9-11-13-15-17-19-21-22-23-24-25-26-27-28-29-30-31-33-34-36-38-40-42-44-46-48-52(58)50-55(60)56-53(51-57)54(59)49-47-45-43-41-39-37-35-32-20-18-16-14-12-10-8-6-4-2/h39,41,47,49,52-54,57-59H,3-38,40,42-46,48,50-51H2,1-2H3,(H,56,60)/b41-39+,49-47+. The molecule has 356 valence electrons. The maximum Gasteiger partial charge on any atom is 0.222 e. The van der Waals surface area contributed by atoms with Gasteiger partial charge in [-0.15, -0.1) is 0 Å². The molecule has 0 radical (unpaired) electrons. The highest BCUT2D eigenvalue weighted by Crippen LogP contribution is 2.18. The van der Waals surface area contributed by atoms with Crippen LogP contribution in [0.5, 0.6) is 0 Å². The van der Waals surface area contributed by atoms with E-state index in [0.717, 1.165) is 32.1 Å². The van der Waals surface area contributed by atoms with Crippen LogP contribution in [0.4, 0.5) is 0 Å². The third-order valence-corrected chi connectivity index (χ3v) is 12.7. The second-order valence-electron chi connectivity index (χ2n) is 18.8. The number of rotatable bonds is 50.